The molecule has 5 aromatic rings. The molecule has 1 N–H and O–H groups in total. The van der Waals surface area contributed by atoms with E-state index < -0.39 is 0 Å². The van der Waals surface area contributed by atoms with E-state index in [0.717, 1.165) is 38.7 Å². The summed E-state index contributed by atoms with van der Waals surface area (Å²) in [6.07, 6.45) is 1.51. The first-order valence-electron chi connectivity index (χ1n) is 11.9. The van der Waals surface area contributed by atoms with Crippen LogP contribution in [0.15, 0.2) is 90.0 Å². The Morgan fingerprint density at radius 1 is 0.757 bits per heavy atom. The highest BCUT2D eigenvalue weighted by Crippen LogP contribution is 2.26. The number of hydrazone groups is 1. The summed E-state index contributed by atoms with van der Waals surface area (Å²) in [5.41, 5.74) is 11.2. The van der Waals surface area contributed by atoms with E-state index in [-0.39, 0.29) is 5.91 Å². The number of nitrogens with one attached hydrogen (secondary N) is 1. The number of hydrogen-bond acceptors (Lipinski definition) is 4. The molecular weight excluding hydrogens is 480 g/mol. The minimum atomic E-state index is -0.346. The normalized spacial score (nSPS) is 11.2. The Bertz CT molecular complexity index is 1580. The Balaban J connectivity index is 1.46. The molecule has 2 heterocycles. The number of rotatable bonds is 5. The molecule has 2 aromatic heterocycles. The fraction of sp³-hybridized carbons (Fsp3) is 0.0968. The number of pyridine rings is 2. The lowest BCUT2D eigenvalue weighted by Crippen LogP contribution is -2.18. The van der Waals surface area contributed by atoms with Gasteiger partial charge >= 0.3 is 0 Å². The first-order chi connectivity index (χ1) is 17.9. The van der Waals surface area contributed by atoms with Crippen molar-refractivity contribution < 1.29 is 4.79 Å². The number of aryl methyl sites for hydroxylation is 3. The van der Waals surface area contributed by atoms with Gasteiger partial charge in [-0.25, -0.2) is 15.4 Å². The molecule has 0 bridgehead atoms. The number of benzene rings is 3. The van der Waals surface area contributed by atoms with Crippen LogP contribution in [0.5, 0.6) is 0 Å². The number of nitrogens with zero attached hydrogens (tertiary/aromatic N) is 3. The summed E-state index contributed by atoms with van der Waals surface area (Å²) in [6, 6.07) is 27.6. The second-order valence-corrected chi connectivity index (χ2v) is 9.48. The van der Waals surface area contributed by atoms with Crippen LogP contribution >= 0.6 is 11.6 Å². The van der Waals surface area contributed by atoms with Crippen molar-refractivity contribution in [2.45, 2.75) is 20.8 Å². The van der Waals surface area contributed by atoms with E-state index in [9.17, 15) is 4.79 Å². The van der Waals surface area contributed by atoms with Crippen LogP contribution < -0.4 is 5.43 Å². The van der Waals surface area contributed by atoms with Crippen molar-refractivity contribution in [1.82, 2.24) is 15.4 Å². The van der Waals surface area contributed by atoms with Crippen molar-refractivity contribution in [2.24, 2.45) is 5.10 Å². The minimum Gasteiger partial charge on any atom is -0.267 e. The molecule has 0 aliphatic heterocycles. The van der Waals surface area contributed by atoms with Crippen LogP contribution in [0, 0.1) is 20.8 Å². The molecule has 0 saturated carbocycles. The van der Waals surface area contributed by atoms with Crippen LogP contribution in [0.1, 0.15) is 32.6 Å². The molecule has 0 spiro atoms. The van der Waals surface area contributed by atoms with Crippen LogP contribution in [0.3, 0.4) is 0 Å². The highest BCUT2D eigenvalue weighted by molar-refractivity contribution is 6.32. The average molecular weight is 505 g/mol. The van der Waals surface area contributed by atoms with Gasteiger partial charge in [0, 0.05) is 27.6 Å². The van der Waals surface area contributed by atoms with E-state index in [1.54, 1.807) is 12.1 Å². The van der Waals surface area contributed by atoms with Gasteiger partial charge in [-0.15, -0.1) is 0 Å². The Morgan fingerprint density at radius 2 is 1.32 bits per heavy atom. The Morgan fingerprint density at radius 3 is 1.92 bits per heavy atom. The van der Waals surface area contributed by atoms with E-state index >= 15 is 0 Å². The molecule has 182 valence electrons. The number of aromatic nitrogens is 2. The largest absolute Gasteiger partial charge is 0.271 e. The van der Waals surface area contributed by atoms with Crippen molar-refractivity contribution in [3.05, 3.63) is 118 Å². The van der Waals surface area contributed by atoms with Crippen molar-refractivity contribution in [3.8, 4) is 22.5 Å². The van der Waals surface area contributed by atoms with Gasteiger partial charge in [0.05, 0.1) is 23.1 Å². The number of amides is 1. The van der Waals surface area contributed by atoms with Gasteiger partial charge < -0.3 is 0 Å². The fourth-order valence-electron chi connectivity index (χ4n) is 4.01. The molecule has 0 saturated heterocycles. The van der Waals surface area contributed by atoms with Gasteiger partial charge in [0.15, 0.2) is 0 Å². The predicted molar refractivity (Wildman–Crippen MR) is 151 cm³/mol. The summed E-state index contributed by atoms with van der Waals surface area (Å²) < 4.78 is 0. The summed E-state index contributed by atoms with van der Waals surface area (Å²) in [5, 5.41) is 5.44. The summed E-state index contributed by atoms with van der Waals surface area (Å²) in [4.78, 5) is 22.4. The van der Waals surface area contributed by atoms with E-state index in [1.165, 1.54) is 6.21 Å². The van der Waals surface area contributed by atoms with Crippen LogP contribution in [0.2, 0.25) is 5.15 Å². The molecule has 5 rings (SSSR count). The fourth-order valence-corrected chi connectivity index (χ4v) is 4.20. The maximum atomic E-state index is 13.2. The van der Waals surface area contributed by atoms with Crippen LogP contribution in [-0.4, -0.2) is 22.1 Å². The lowest BCUT2D eigenvalue weighted by Gasteiger charge is -2.10. The van der Waals surface area contributed by atoms with Gasteiger partial charge in [0.2, 0.25) is 0 Å². The Kier molecular flexibility index (Phi) is 6.80. The molecule has 0 aliphatic rings. The smallest absolute Gasteiger partial charge is 0.267 e. The van der Waals surface area contributed by atoms with E-state index in [0.29, 0.717) is 27.7 Å². The quantitative estimate of drug-likeness (QED) is 0.155. The Labute approximate surface area is 220 Å². The standard InChI is InChI=1S/C31H25ClN4O/c1-19-4-9-22(10-5-19)28-16-25(17-29(34-28)23-11-6-20(2)7-12-23)31(37)36-33-18-26-15-24-14-21(3)8-13-27(24)35-30(26)32/h4-18H,1-3H3,(H,36,37)/b33-18+. The second-order valence-electron chi connectivity index (χ2n) is 9.12. The zero-order valence-electron chi connectivity index (χ0n) is 20.8. The van der Waals surface area contributed by atoms with Crippen LogP contribution in [0.25, 0.3) is 33.4 Å². The van der Waals surface area contributed by atoms with Gasteiger partial charge in [-0.05, 0) is 51.1 Å². The zero-order valence-corrected chi connectivity index (χ0v) is 21.5. The van der Waals surface area contributed by atoms with Gasteiger partial charge in [0.25, 0.3) is 5.91 Å². The molecule has 0 aliphatic carbocycles. The summed E-state index contributed by atoms with van der Waals surface area (Å²) in [6.45, 7) is 6.09. The third-order valence-electron chi connectivity index (χ3n) is 6.10. The second kappa shape index (κ2) is 10.3. The monoisotopic (exact) mass is 504 g/mol. The van der Waals surface area contributed by atoms with Crippen LogP contribution in [-0.2, 0) is 0 Å². The third kappa shape index (κ3) is 5.57. The number of carbonyl (C=O) groups excluding carboxylic acids is 1. The molecule has 0 unspecified atom stereocenters. The molecule has 1 amide bonds. The molecule has 0 fully saturated rings. The van der Waals surface area contributed by atoms with Crippen molar-refractivity contribution in [1.29, 1.82) is 0 Å². The highest BCUT2D eigenvalue weighted by Gasteiger charge is 2.13. The number of halogens is 1. The first kappa shape index (κ1) is 24.3. The molecular formula is C31H25ClN4O. The van der Waals surface area contributed by atoms with Gasteiger partial charge in [0.1, 0.15) is 5.15 Å². The highest BCUT2D eigenvalue weighted by atomic mass is 35.5. The number of carbonyl (C=O) groups is 1. The lowest BCUT2D eigenvalue weighted by atomic mass is 10.0. The SMILES string of the molecule is Cc1ccc(-c2cc(C(=O)N/N=C/c3cc4cc(C)ccc4nc3Cl)cc(-c3ccc(C)cc3)n2)cc1. The van der Waals surface area contributed by atoms with E-state index in [4.69, 9.17) is 16.6 Å². The summed E-state index contributed by atoms with van der Waals surface area (Å²) in [5.74, 6) is -0.346. The molecule has 6 heteroatoms. The van der Waals surface area contributed by atoms with Crippen molar-refractivity contribution in [2.75, 3.05) is 0 Å². The van der Waals surface area contributed by atoms with Gasteiger partial charge in [-0.3, -0.25) is 4.79 Å². The number of fused-ring (bicyclic) bond motifs is 1. The Hall–Kier alpha value is -4.35. The van der Waals surface area contributed by atoms with Gasteiger partial charge in [-0.2, -0.15) is 5.10 Å². The van der Waals surface area contributed by atoms with Crippen LogP contribution in [0.4, 0.5) is 0 Å². The topological polar surface area (TPSA) is 67.2 Å². The zero-order chi connectivity index (χ0) is 25.9. The summed E-state index contributed by atoms with van der Waals surface area (Å²) in [7, 11) is 0. The lowest BCUT2D eigenvalue weighted by molar-refractivity contribution is 0.0955. The van der Waals surface area contributed by atoms with Gasteiger partial charge in [-0.1, -0.05) is 82.9 Å². The van der Waals surface area contributed by atoms with E-state index in [1.807, 2.05) is 93.6 Å². The molecule has 37 heavy (non-hydrogen) atoms. The van der Waals surface area contributed by atoms with E-state index in [2.05, 4.69) is 15.5 Å². The number of hydrogen-bond donors (Lipinski definition) is 1. The first-order valence-corrected chi connectivity index (χ1v) is 12.3. The molecule has 3 aromatic carbocycles. The average Bonchev–Trinajstić information content (AvgIpc) is 2.89. The molecule has 0 atom stereocenters. The molecule has 5 nitrogen and oxygen atoms in total. The third-order valence-corrected chi connectivity index (χ3v) is 6.41. The summed E-state index contributed by atoms with van der Waals surface area (Å²) >= 11 is 6.35. The predicted octanol–water partition coefficient (Wildman–Crippen LogP) is 7.31. The molecule has 0 radical (unpaired) electrons. The maximum Gasteiger partial charge on any atom is 0.271 e. The van der Waals surface area contributed by atoms with Crippen molar-refractivity contribution >= 4 is 34.6 Å². The minimum absolute atomic E-state index is 0.321. The van der Waals surface area contributed by atoms with Crippen molar-refractivity contribution in [3.63, 3.8) is 0 Å². The maximum absolute atomic E-state index is 13.2.